The maximum Gasteiger partial charge on any atom is 0.0726 e. The molecule has 0 aromatic rings. The van der Waals surface area contributed by atoms with Gasteiger partial charge in [0, 0.05) is 11.8 Å². The highest BCUT2D eigenvalue weighted by molar-refractivity contribution is 5.60. The average molecular weight is 203 g/mol. The van der Waals surface area contributed by atoms with Crippen LogP contribution in [-0.4, -0.2) is 6.21 Å². The van der Waals surface area contributed by atoms with Crippen LogP contribution in [0.4, 0.5) is 0 Å². The second-order valence-corrected chi connectivity index (χ2v) is 3.40. The summed E-state index contributed by atoms with van der Waals surface area (Å²) in [6.45, 7) is 14.0. The van der Waals surface area contributed by atoms with Crippen LogP contribution in [0.25, 0.3) is 0 Å². The molecular formula is C14H21N. The average Bonchev–Trinajstić information content (AvgIpc) is 2.21. The van der Waals surface area contributed by atoms with Gasteiger partial charge in [0.25, 0.3) is 0 Å². The van der Waals surface area contributed by atoms with Crippen molar-refractivity contribution in [1.29, 1.82) is 0 Å². The van der Waals surface area contributed by atoms with E-state index < -0.39 is 0 Å². The Kier molecular flexibility index (Phi) is 6.35. The molecule has 0 spiro atoms. The summed E-state index contributed by atoms with van der Waals surface area (Å²) >= 11 is 0. The van der Waals surface area contributed by atoms with Gasteiger partial charge in [0.1, 0.15) is 0 Å². The van der Waals surface area contributed by atoms with Gasteiger partial charge in [-0.15, -0.1) is 0 Å². The van der Waals surface area contributed by atoms with Crippen LogP contribution in [0.15, 0.2) is 52.2 Å². The molecule has 0 radical (unpaired) electrons. The van der Waals surface area contributed by atoms with Crippen molar-refractivity contribution in [3.63, 3.8) is 0 Å². The van der Waals surface area contributed by atoms with Gasteiger partial charge in [-0.05, 0) is 45.8 Å². The fraction of sp³-hybridized carbons (Fsp3) is 0.357. The molecule has 0 aliphatic rings. The van der Waals surface area contributed by atoms with E-state index in [0.717, 1.165) is 16.8 Å². The normalized spacial score (nSPS) is 14.9. The van der Waals surface area contributed by atoms with Gasteiger partial charge < -0.3 is 0 Å². The first kappa shape index (κ1) is 13.6. The van der Waals surface area contributed by atoms with Crippen molar-refractivity contribution < 1.29 is 0 Å². The highest BCUT2D eigenvalue weighted by Crippen LogP contribution is 2.22. The summed E-state index contributed by atoms with van der Waals surface area (Å²) in [6, 6.07) is 0. The minimum atomic E-state index is 1.01. The number of allylic oxidation sites excluding steroid dienone is 6. The molecule has 0 aromatic heterocycles. The minimum absolute atomic E-state index is 1.01. The Balaban J connectivity index is 5.66. The van der Waals surface area contributed by atoms with E-state index >= 15 is 0 Å². The van der Waals surface area contributed by atoms with Gasteiger partial charge in [-0.3, -0.25) is 4.99 Å². The zero-order valence-corrected chi connectivity index (χ0v) is 10.5. The number of hydrogen-bond acceptors (Lipinski definition) is 1. The molecule has 0 saturated heterocycles. The van der Waals surface area contributed by atoms with E-state index in [9.17, 15) is 0 Å². The van der Waals surface area contributed by atoms with Crippen LogP contribution < -0.4 is 0 Å². The molecule has 15 heavy (non-hydrogen) atoms. The first-order chi connectivity index (χ1) is 7.08. The molecule has 0 aliphatic heterocycles. The van der Waals surface area contributed by atoms with Crippen molar-refractivity contribution in [2.75, 3.05) is 0 Å². The summed E-state index contributed by atoms with van der Waals surface area (Å²) < 4.78 is 0. The van der Waals surface area contributed by atoms with Crippen LogP contribution in [-0.2, 0) is 0 Å². The topological polar surface area (TPSA) is 12.4 Å². The monoisotopic (exact) mass is 203 g/mol. The molecule has 0 atom stereocenters. The van der Waals surface area contributed by atoms with Gasteiger partial charge >= 0.3 is 0 Å². The molecule has 0 heterocycles. The summed E-state index contributed by atoms with van der Waals surface area (Å²) in [5.41, 5.74) is 4.32. The molecule has 0 aromatic carbocycles. The van der Waals surface area contributed by atoms with E-state index in [0.29, 0.717) is 0 Å². The Morgan fingerprint density at radius 2 is 1.73 bits per heavy atom. The lowest BCUT2D eigenvalue weighted by Gasteiger charge is -2.08. The summed E-state index contributed by atoms with van der Waals surface area (Å²) in [7, 11) is 0. The molecule has 0 amide bonds. The predicted molar refractivity (Wildman–Crippen MR) is 70.3 cm³/mol. The third kappa shape index (κ3) is 4.11. The Labute approximate surface area is 93.6 Å². The van der Waals surface area contributed by atoms with Crippen molar-refractivity contribution in [2.24, 2.45) is 4.99 Å². The summed E-state index contributed by atoms with van der Waals surface area (Å²) in [5, 5.41) is 0. The van der Waals surface area contributed by atoms with E-state index in [1.807, 2.05) is 40.0 Å². The zero-order chi connectivity index (χ0) is 11.8. The lowest BCUT2D eigenvalue weighted by molar-refractivity contribution is 1.22. The highest BCUT2D eigenvalue weighted by Gasteiger charge is 2.04. The highest BCUT2D eigenvalue weighted by atomic mass is 14.7. The van der Waals surface area contributed by atoms with Gasteiger partial charge in [-0.25, -0.2) is 0 Å². The molecule has 0 unspecified atom stereocenters. The van der Waals surface area contributed by atoms with Crippen LogP contribution in [0.2, 0.25) is 0 Å². The molecule has 1 heteroatoms. The van der Waals surface area contributed by atoms with E-state index in [2.05, 4.69) is 30.6 Å². The molecular weight excluding hydrogens is 182 g/mol. The molecule has 0 rings (SSSR count). The Hall–Kier alpha value is -1.37. The largest absolute Gasteiger partial charge is 0.261 e. The third-order valence-electron chi connectivity index (χ3n) is 2.11. The van der Waals surface area contributed by atoms with Crippen molar-refractivity contribution in [3.05, 3.63) is 47.2 Å². The van der Waals surface area contributed by atoms with Crippen LogP contribution in [0.3, 0.4) is 0 Å². The molecule has 82 valence electrons. The molecule has 0 N–H and O–H groups in total. The number of aliphatic imine (C=N–C) groups is 1. The van der Waals surface area contributed by atoms with E-state index in [-0.39, 0.29) is 0 Å². The first-order valence-corrected chi connectivity index (χ1v) is 5.23. The van der Waals surface area contributed by atoms with Crippen LogP contribution in [0, 0.1) is 0 Å². The van der Waals surface area contributed by atoms with E-state index in [1.165, 1.54) is 5.57 Å². The number of hydrogen-bond donors (Lipinski definition) is 0. The lowest BCUT2D eigenvalue weighted by Crippen LogP contribution is -1.91. The molecule has 1 nitrogen and oxygen atoms in total. The Morgan fingerprint density at radius 3 is 2.07 bits per heavy atom. The van der Waals surface area contributed by atoms with Crippen molar-refractivity contribution in [3.8, 4) is 0 Å². The van der Waals surface area contributed by atoms with Gasteiger partial charge in [-0.1, -0.05) is 24.8 Å². The van der Waals surface area contributed by atoms with E-state index in [4.69, 9.17) is 0 Å². The Bertz CT molecular complexity index is 338. The summed E-state index contributed by atoms with van der Waals surface area (Å²) in [5.74, 6) is 0. The summed E-state index contributed by atoms with van der Waals surface area (Å²) in [6.07, 6.45) is 7.94. The van der Waals surface area contributed by atoms with E-state index in [1.54, 1.807) is 0 Å². The second kappa shape index (κ2) is 6.99. The van der Waals surface area contributed by atoms with Gasteiger partial charge in [0.05, 0.1) is 5.70 Å². The smallest absolute Gasteiger partial charge is 0.0726 e. The molecule has 0 bridgehead atoms. The SMILES string of the molecule is C=C(C)/C(C=CC)=C(N=CC)\C(C)=C/C. The standard InChI is InChI=1S/C14H21N/c1-7-10-13(11(4)5)14(15-9-3)12(6)8-2/h7-10H,4H2,1-3,5-6H3/b10-7?,12-8-,14-13+,15-9?. The number of rotatable bonds is 4. The van der Waals surface area contributed by atoms with Crippen molar-refractivity contribution in [2.45, 2.75) is 34.6 Å². The maximum atomic E-state index is 4.41. The number of nitrogens with zero attached hydrogens (tertiary/aromatic N) is 1. The lowest BCUT2D eigenvalue weighted by atomic mass is 10.0. The Morgan fingerprint density at radius 1 is 1.13 bits per heavy atom. The van der Waals surface area contributed by atoms with Crippen LogP contribution >= 0.6 is 0 Å². The van der Waals surface area contributed by atoms with Crippen LogP contribution in [0.5, 0.6) is 0 Å². The first-order valence-electron chi connectivity index (χ1n) is 5.23. The quantitative estimate of drug-likeness (QED) is 0.473. The zero-order valence-electron chi connectivity index (χ0n) is 10.5. The third-order valence-corrected chi connectivity index (χ3v) is 2.11. The van der Waals surface area contributed by atoms with Crippen molar-refractivity contribution in [1.82, 2.24) is 0 Å². The predicted octanol–water partition coefficient (Wildman–Crippen LogP) is 4.45. The molecule has 0 aliphatic carbocycles. The summed E-state index contributed by atoms with van der Waals surface area (Å²) in [4.78, 5) is 4.41. The van der Waals surface area contributed by atoms with Crippen molar-refractivity contribution >= 4 is 6.21 Å². The minimum Gasteiger partial charge on any atom is -0.261 e. The second-order valence-electron chi connectivity index (χ2n) is 3.40. The van der Waals surface area contributed by atoms with Gasteiger partial charge in [0.2, 0.25) is 0 Å². The van der Waals surface area contributed by atoms with Gasteiger partial charge in [-0.2, -0.15) is 0 Å². The fourth-order valence-electron chi connectivity index (χ4n) is 1.24. The maximum absolute atomic E-state index is 4.41. The van der Waals surface area contributed by atoms with Gasteiger partial charge in [0.15, 0.2) is 0 Å². The molecule has 0 fully saturated rings. The fourth-order valence-corrected chi connectivity index (χ4v) is 1.24. The van der Waals surface area contributed by atoms with Crippen LogP contribution in [0.1, 0.15) is 34.6 Å². The molecule has 0 saturated carbocycles.